The van der Waals surface area contributed by atoms with E-state index < -0.39 is 6.10 Å². The third-order valence-corrected chi connectivity index (χ3v) is 2.71. The van der Waals surface area contributed by atoms with Gasteiger partial charge in [0, 0.05) is 5.56 Å². The van der Waals surface area contributed by atoms with E-state index >= 15 is 0 Å². The lowest BCUT2D eigenvalue weighted by Crippen LogP contribution is -1.94. The lowest BCUT2D eigenvalue weighted by atomic mass is 10.00. The van der Waals surface area contributed by atoms with E-state index in [9.17, 15) is 5.11 Å². The van der Waals surface area contributed by atoms with Crippen molar-refractivity contribution >= 4 is 0 Å². The van der Waals surface area contributed by atoms with Crippen LogP contribution in [0.15, 0.2) is 16.7 Å². The predicted molar refractivity (Wildman–Crippen MR) is 64.6 cm³/mol. The number of aliphatic hydroxyl groups excluding tert-OH is 1. The van der Waals surface area contributed by atoms with Crippen molar-refractivity contribution in [2.45, 2.75) is 33.8 Å². The number of hydrogen-bond donors (Lipinski definition) is 1. The molecule has 2 rings (SSSR count). The Labute approximate surface area is 100 Å². The number of aromatic nitrogens is 2. The molecule has 0 bridgehead atoms. The zero-order valence-corrected chi connectivity index (χ0v) is 10.5. The largest absolute Gasteiger partial charge is 0.385 e. The van der Waals surface area contributed by atoms with E-state index in [4.69, 9.17) is 4.52 Å². The molecule has 0 fully saturated rings. The highest BCUT2D eigenvalue weighted by molar-refractivity contribution is 5.63. The summed E-state index contributed by atoms with van der Waals surface area (Å²) in [6, 6.07) is 4.16. The summed E-state index contributed by atoms with van der Waals surface area (Å²) >= 11 is 0. The average Bonchev–Trinajstić information content (AvgIpc) is 2.65. The first kappa shape index (κ1) is 11.8. The van der Waals surface area contributed by atoms with Crippen LogP contribution < -0.4 is 0 Å². The van der Waals surface area contributed by atoms with E-state index in [1.807, 2.05) is 13.8 Å². The van der Waals surface area contributed by atoms with Gasteiger partial charge in [0.1, 0.15) is 6.10 Å². The van der Waals surface area contributed by atoms with Gasteiger partial charge in [-0.15, -0.1) is 0 Å². The van der Waals surface area contributed by atoms with Crippen molar-refractivity contribution in [3.05, 3.63) is 34.6 Å². The van der Waals surface area contributed by atoms with E-state index in [0.29, 0.717) is 11.7 Å². The summed E-state index contributed by atoms with van der Waals surface area (Å²) in [5.74, 6) is 0.787. The predicted octanol–water partition coefficient (Wildman–Crippen LogP) is 2.72. The molecule has 1 aromatic carbocycles. The summed E-state index contributed by atoms with van der Waals surface area (Å²) in [7, 11) is 0. The third kappa shape index (κ3) is 2.22. The summed E-state index contributed by atoms with van der Waals surface area (Å²) < 4.78 is 5.19. The number of hydrogen-bond acceptors (Lipinski definition) is 4. The first-order valence-corrected chi connectivity index (χ1v) is 5.59. The van der Waals surface area contributed by atoms with Gasteiger partial charge in [-0.25, -0.2) is 0 Å². The second-order valence-electron chi connectivity index (χ2n) is 4.41. The van der Waals surface area contributed by atoms with Crippen LogP contribution in [0.2, 0.25) is 0 Å². The van der Waals surface area contributed by atoms with Crippen LogP contribution in [0.4, 0.5) is 0 Å². The lowest BCUT2D eigenvalue weighted by Gasteiger charge is -2.06. The Morgan fingerprint density at radius 1 is 1.18 bits per heavy atom. The molecule has 1 unspecified atom stereocenters. The second kappa shape index (κ2) is 4.30. The minimum atomic E-state index is -0.710. The topological polar surface area (TPSA) is 59.2 Å². The average molecular weight is 232 g/mol. The maximum atomic E-state index is 9.38. The molecule has 0 radical (unpaired) electrons. The molecule has 0 aliphatic rings. The summed E-state index contributed by atoms with van der Waals surface area (Å²) in [6.07, 6.45) is -0.710. The number of rotatable bonds is 2. The van der Waals surface area contributed by atoms with Crippen molar-refractivity contribution in [2.24, 2.45) is 0 Å². The van der Waals surface area contributed by atoms with Gasteiger partial charge in [0.25, 0.3) is 5.89 Å². The minimum absolute atomic E-state index is 0.319. The zero-order valence-electron chi connectivity index (χ0n) is 10.5. The highest BCUT2D eigenvalue weighted by Gasteiger charge is 2.16. The fourth-order valence-electron chi connectivity index (χ4n) is 2.02. The molecule has 0 aliphatic heterocycles. The standard InChI is InChI=1S/C13H16N2O2/c1-7-5-8(2)11(9(3)6-7)13-14-12(10(4)16)15-17-13/h5-6,10,16H,1-4H3. The van der Waals surface area contributed by atoms with Crippen molar-refractivity contribution < 1.29 is 9.63 Å². The molecule has 0 spiro atoms. The van der Waals surface area contributed by atoms with E-state index in [-0.39, 0.29) is 0 Å². The van der Waals surface area contributed by atoms with Gasteiger partial charge in [-0.3, -0.25) is 0 Å². The smallest absolute Gasteiger partial charge is 0.258 e. The van der Waals surface area contributed by atoms with Crippen LogP contribution >= 0.6 is 0 Å². The van der Waals surface area contributed by atoms with Crippen molar-refractivity contribution in [3.63, 3.8) is 0 Å². The second-order valence-corrected chi connectivity index (χ2v) is 4.41. The Morgan fingerprint density at radius 3 is 2.24 bits per heavy atom. The van der Waals surface area contributed by atoms with E-state index in [1.165, 1.54) is 5.56 Å². The fraction of sp³-hybridized carbons (Fsp3) is 0.385. The Morgan fingerprint density at radius 2 is 1.76 bits per heavy atom. The van der Waals surface area contributed by atoms with Crippen molar-refractivity contribution in [2.75, 3.05) is 0 Å². The summed E-state index contributed by atoms with van der Waals surface area (Å²) in [4.78, 5) is 4.20. The molecule has 4 heteroatoms. The van der Waals surface area contributed by atoms with Gasteiger partial charge in [0.15, 0.2) is 5.82 Å². The van der Waals surface area contributed by atoms with Gasteiger partial charge >= 0.3 is 0 Å². The van der Waals surface area contributed by atoms with Gasteiger partial charge in [-0.2, -0.15) is 4.98 Å². The molecule has 90 valence electrons. The fourth-order valence-corrected chi connectivity index (χ4v) is 2.02. The Balaban J connectivity index is 2.52. The SMILES string of the molecule is Cc1cc(C)c(-c2nc(C(C)O)no2)c(C)c1. The molecule has 0 saturated heterocycles. The summed E-state index contributed by atoms with van der Waals surface area (Å²) in [6.45, 7) is 7.70. The molecular weight excluding hydrogens is 216 g/mol. The number of aryl methyl sites for hydroxylation is 3. The lowest BCUT2D eigenvalue weighted by molar-refractivity contribution is 0.184. The van der Waals surface area contributed by atoms with Crippen LogP contribution in [-0.4, -0.2) is 15.2 Å². The molecule has 1 atom stereocenters. The van der Waals surface area contributed by atoms with E-state index in [0.717, 1.165) is 16.7 Å². The Kier molecular flexibility index (Phi) is 2.98. The first-order valence-electron chi connectivity index (χ1n) is 5.59. The van der Waals surface area contributed by atoms with Gasteiger partial charge in [-0.05, 0) is 38.8 Å². The summed E-state index contributed by atoms with van der Waals surface area (Å²) in [5.41, 5.74) is 4.36. The number of benzene rings is 1. The Bertz CT molecular complexity index is 521. The maximum absolute atomic E-state index is 9.38. The molecule has 0 aliphatic carbocycles. The van der Waals surface area contributed by atoms with Crippen molar-refractivity contribution in [1.29, 1.82) is 0 Å². The molecule has 17 heavy (non-hydrogen) atoms. The van der Waals surface area contributed by atoms with Crippen molar-refractivity contribution in [3.8, 4) is 11.5 Å². The summed E-state index contributed by atoms with van der Waals surface area (Å²) in [5, 5.41) is 13.1. The Hall–Kier alpha value is -1.68. The number of aliphatic hydroxyl groups is 1. The van der Waals surface area contributed by atoms with Crippen LogP contribution in [0, 0.1) is 20.8 Å². The van der Waals surface area contributed by atoms with Gasteiger partial charge in [0.2, 0.25) is 0 Å². The molecule has 1 N–H and O–H groups in total. The molecule has 0 amide bonds. The highest BCUT2D eigenvalue weighted by Crippen LogP contribution is 2.27. The monoisotopic (exact) mass is 232 g/mol. The van der Waals surface area contributed by atoms with Crippen LogP contribution in [0.5, 0.6) is 0 Å². The van der Waals surface area contributed by atoms with Crippen LogP contribution in [0.3, 0.4) is 0 Å². The normalized spacial score (nSPS) is 12.8. The minimum Gasteiger partial charge on any atom is -0.385 e. The first-order chi connectivity index (χ1) is 7.99. The molecule has 4 nitrogen and oxygen atoms in total. The third-order valence-electron chi connectivity index (χ3n) is 2.71. The number of nitrogens with zero attached hydrogens (tertiary/aromatic N) is 2. The maximum Gasteiger partial charge on any atom is 0.258 e. The zero-order chi connectivity index (χ0) is 12.6. The molecular formula is C13H16N2O2. The van der Waals surface area contributed by atoms with E-state index in [1.54, 1.807) is 6.92 Å². The van der Waals surface area contributed by atoms with Gasteiger partial charge in [0.05, 0.1) is 0 Å². The molecule has 1 heterocycles. The van der Waals surface area contributed by atoms with Crippen LogP contribution in [-0.2, 0) is 0 Å². The van der Waals surface area contributed by atoms with Crippen LogP contribution in [0.25, 0.3) is 11.5 Å². The van der Waals surface area contributed by atoms with E-state index in [2.05, 4.69) is 29.2 Å². The molecule has 2 aromatic rings. The quantitative estimate of drug-likeness (QED) is 0.864. The highest BCUT2D eigenvalue weighted by atomic mass is 16.5. The van der Waals surface area contributed by atoms with Crippen molar-refractivity contribution in [1.82, 2.24) is 10.1 Å². The van der Waals surface area contributed by atoms with Gasteiger partial charge in [-0.1, -0.05) is 22.9 Å². The van der Waals surface area contributed by atoms with Gasteiger partial charge < -0.3 is 9.63 Å². The molecule has 1 aromatic heterocycles. The molecule has 0 saturated carbocycles. The van der Waals surface area contributed by atoms with Crippen LogP contribution in [0.1, 0.15) is 35.5 Å².